The van der Waals surface area contributed by atoms with E-state index in [9.17, 15) is 0 Å². The molecule has 2 N–H and O–H groups in total. The third-order valence-corrected chi connectivity index (χ3v) is 2.95. The summed E-state index contributed by atoms with van der Waals surface area (Å²) in [6.07, 6.45) is 1.14. The Morgan fingerprint density at radius 2 is 2.17 bits per heavy atom. The Kier molecular flexibility index (Phi) is 4.59. The van der Waals surface area contributed by atoms with E-state index in [4.69, 9.17) is 0 Å². The number of hydrogen-bond acceptors (Lipinski definition) is 4. The topological polar surface area (TPSA) is 39.7 Å². The highest BCUT2D eigenvalue weighted by Gasteiger charge is 2.11. The van der Waals surface area contributed by atoms with Gasteiger partial charge in [-0.15, -0.1) is 0 Å². The van der Waals surface area contributed by atoms with E-state index in [1.807, 2.05) is 0 Å². The van der Waals surface area contributed by atoms with Gasteiger partial charge in [0.25, 0.3) is 0 Å². The van der Waals surface area contributed by atoms with Gasteiger partial charge in [-0.3, -0.25) is 4.99 Å². The second kappa shape index (κ2) is 6.40. The smallest absolute Gasteiger partial charge is 0.130 e. The van der Waals surface area contributed by atoms with Gasteiger partial charge in [0.2, 0.25) is 0 Å². The van der Waals surface area contributed by atoms with E-state index < -0.39 is 0 Å². The summed E-state index contributed by atoms with van der Waals surface area (Å²) >= 11 is 0. The number of benzene rings is 1. The first-order valence-electron chi connectivity index (χ1n) is 6.53. The van der Waals surface area contributed by atoms with Gasteiger partial charge in [-0.05, 0) is 39.2 Å². The first kappa shape index (κ1) is 12.9. The van der Waals surface area contributed by atoms with Crippen LogP contribution < -0.4 is 10.6 Å². The average Bonchev–Trinajstić information content (AvgIpc) is 2.88. The van der Waals surface area contributed by atoms with Crippen molar-refractivity contribution in [3.63, 3.8) is 0 Å². The van der Waals surface area contributed by atoms with E-state index >= 15 is 0 Å². The summed E-state index contributed by atoms with van der Waals surface area (Å²) in [6, 6.07) is 8.36. The Hall–Kier alpha value is -1.55. The van der Waals surface area contributed by atoms with Crippen molar-refractivity contribution >= 4 is 11.5 Å². The summed E-state index contributed by atoms with van der Waals surface area (Å²) in [5.74, 6) is 1.02. The van der Waals surface area contributed by atoms with Crippen LogP contribution in [0.25, 0.3) is 0 Å². The molecule has 98 valence electrons. The lowest BCUT2D eigenvalue weighted by Gasteiger charge is -2.14. The minimum absolute atomic E-state index is 0.879. The van der Waals surface area contributed by atoms with Gasteiger partial charge >= 0.3 is 0 Å². The van der Waals surface area contributed by atoms with Crippen molar-refractivity contribution in [2.75, 3.05) is 45.6 Å². The molecule has 0 saturated heterocycles. The second-order valence-corrected chi connectivity index (χ2v) is 4.79. The Bertz CT molecular complexity index is 412. The maximum Gasteiger partial charge on any atom is 0.130 e. The monoisotopic (exact) mass is 246 g/mol. The van der Waals surface area contributed by atoms with Crippen LogP contribution in [0.3, 0.4) is 0 Å². The molecule has 1 heterocycles. The van der Waals surface area contributed by atoms with Gasteiger partial charge in [-0.1, -0.05) is 12.1 Å². The number of nitrogens with zero attached hydrogens (tertiary/aromatic N) is 2. The van der Waals surface area contributed by atoms with Crippen molar-refractivity contribution in [3.8, 4) is 0 Å². The van der Waals surface area contributed by atoms with E-state index in [0.717, 1.165) is 38.4 Å². The number of anilines is 1. The number of aliphatic imine (C=N–C) groups is 1. The fourth-order valence-corrected chi connectivity index (χ4v) is 2.04. The summed E-state index contributed by atoms with van der Waals surface area (Å²) in [5, 5.41) is 6.82. The van der Waals surface area contributed by atoms with E-state index in [-0.39, 0.29) is 0 Å². The van der Waals surface area contributed by atoms with Gasteiger partial charge in [0.05, 0.1) is 6.54 Å². The van der Waals surface area contributed by atoms with Gasteiger partial charge in [-0.2, -0.15) is 0 Å². The normalized spacial score (nSPS) is 14.5. The highest BCUT2D eigenvalue weighted by molar-refractivity contribution is 6.04. The van der Waals surface area contributed by atoms with Crippen molar-refractivity contribution in [1.82, 2.24) is 10.2 Å². The van der Waals surface area contributed by atoms with Crippen LogP contribution in [0.1, 0.15) is 12.0 Å². The standard InChI is InChI=1S/C14H22N4/c1-18(2)11-5-8-15-13-7-4-3-6-12(13)14-16-9-10-17-14/h3-4,6-7,15H,5,8-11H2,1-2H3,(H,16,17). The minimum Gasteiger partial charge on any atom is -0.384 e. The van der Waals surface area contributed by atoms with Gasteiger partial charge in [-0.25, -0.2) is 0 Å². The van der Waals surface area contributed by atoms with Gasteiger partial charge in [0.1, 0.15) is 5.84 Å². The molecule has 0 fully saturated rings. The third-order valence-electron chi connectivity index (χ3n) is 2.95. The lowest BCUT2D eigenvalue weighted by molar-refractivity contribution is 0.405. The second-order valence-electron chi connectivity index (χ2n) is 4.79. The SMILES string of the molecule is CN(C)CCCNc1ccccc1C1=NCCN1. The third kappa shape index (κ3) is 3.47. The molecule has 2 rings (SSSR count). The molecular formula is C14H22N4. The fraction of sp³-hybridized carbons (Fsp3) is 0.500. The zero-order valence-electron chi connectivity index (χ0n) is 11.2. The molecule has 0 bridgehead atoms. The summed E-state index contributed by atoms with van der Waals surface area (Å²) in [5.41, 5.74) is 2.35. The molecule has 0 amide bonds. The Morgan fingerprint density at radius 3 is 2.89 bits per heavy atom. The molecule has 1 aliphatic rings. The van der Waals surface area contributed by atoms with Crippen molar-refractivity contribution in [1.29, 1.82) is 0 Å². The van der Waals surface area contributed by atoms with Crippen LogP contribution in [0.15, 0.2) is 29.3 Å². The Balaban J connectivity index is 1.95. The molecule has 1 aromatic rings. The minimum atomic E-state index is 0.879. The van der Waals surface area contributed by atoms with Gasteiger partial charge < -0.3 is 15.5 Å². The maximum atomic E-state index is 4.48. The number of hydrogen-bond donors (Lipinski definition) is 2. The van der Waals surface area contributed by atoms with Gasteiger partial charge in [0.15, 0.2) is 0 Å². The van der Waals surface area contributed by atoms with Crippen LogP contribution in [-0.2, 0) is 0 Å². The molecule has 0 unspecified atom stereocenters. The zero-order chi connectivity index (χ0) is 12.8. The van der Waals surface area contributed by atoms with Crippen molar-refractivity contribution in [2.45, 2.75) is 6.42 Å². The first-order chi connectivity index (χ1) is 8.77. The van der Waals surface area contributed by atoms with Crippen LogP contribution in [0, 0.1) is 0 Å². The maximum absolute atomic E-state index is 4.48. The zero-order valence-corrected chi connectivity index (χ0v) is 11.2. The summed E-state index contributed by atoms with van der Waals surface area (Å²) in [7, 11) is 4.20. The predicted molar refractivity (Wildman–Crippen MR) is 77.5 cm³/mol. The Labute approximate surface area is 109 Å². The van der Waals surface area contributed by atoms with E-state index in [0.29, 0.717) is 0 Å². The lowest BCUT2D eigenvalue weighted by atomic mass is 10.1. The van der Waals surface area contributed by atoms with Crippen LogP contribution >= 0.6 is 0 Å². The number of nitrogens with one attached hydrogen (secondary N) is 2. The number of amidine groups is 1. The summed E-state index contributed by atoms with van der Waals surface area (Å²) in [4.78, 5) is 6.68. The molecule has 4 nitrogen and oxygen atoms in total. The van der Waals surface area contributed by atoms with Crippen molar-refractivity contribution in [2.24, 2.45) is 4.99 Å². The first-order valence-corrected chi connectivity index (χ1v) is 6.53. The van der Waals surface area contributed by atoms with Gasteiger partial charge in [0, 0.05) is 24.3 Å². The molecule has 0 saturated carbocycles. The predicted octanol–water partition coefficient (Wildman–Crippen LogP) is 1.40. The molecule has 0 aromatic heterocycles. The van der Waals surface area contributed by atoms with E-state index in [1.54, 1.807) is 0 Å². The molecule has 0 radical (unpaired) electrons. The Morgan fingerprint density at radius 1 is 1.33 bits per heavy atom. The van der Waals surface area contributed by atoms with Crippen LogP contribution in [-0.4, -0.2) is 51.0 Å². The molecule has 0 atom stereocenters. The van der Waals surface area contributed by atoms with Crippen molar-refractivity contribution < 1.29 is 0 Å². The van der Waals surface area contributed by atoms with E-state index in [1.165, 1.54) is 11.3 Å². The fourth-order valence-electron chi connectivity index (χ4n) is 2.04. The highest BCUT2D eigenvalue weighted by Crippen LogP contribution is 2.16. The molecule has 0 aliphatic carbocycles. The van der Waals surface area contributed by atoms with Crippen LogP contribution in [0.5, 0.6) is 0 Å². The molecule has 1 aliphatic heterocycles. The van der Waals surface area contributed by atoms with Crippen LogP contribution in [0.2, 0.25) is 0 Å². The lowest BCUT2D eigenvalue weighted by Crippen LogP contribution is -2.21. The van der Waals surface area contributed by atoms with Crippen LogP contribution in [0.4, 0.5) is 5.69 Å². The van der Waals surface area contributed by atoms with Crippen molar-refractivity contribution in [3.05, 3.63) is 29.8 Å². The summed E-state index contributed by atoms with van der Waals surface area (Å²) < 4.78 is 0. The van der Waals surface area contributed by atoms with E-state index in [2.05, 4.69) is 58.9 Å². The largest absolute Gasteiger partial charge is 0.384 e. The number of para-hydroxylation sites is 1. The summed E-state index contributed by atoms with van der Waals surface area (Å²) in [6.45, 7) is 3.92. The number of rotatable bonds is 6. The molecule has 1 aromatic carbocycles. The quantitative estimate of drug-likeness (QED) is 0.745. The highest BCUT2D eigenvalue weighted by atomic mass is 15.1. The molecular weight excluding hydrogens is 224 g/mol. The molecule has 18 heavy (non-hydrogen) atoms. The average molecular weight is 246 g/mol. The molecule has 4 heteroatoms. The molecule has 0 spiro atoms.